The molecule has 0 saturated carbocycles. The maximum absolute atomic E-state index is 12.9. The van der Waals surface area contributed by atoms with E-state index in [-0.39, 0.29) is 43.7 Å². The van der Waals surface area contributed by atoms with Crippen LogP contribution in [0.25, 0.3) is 0 Å². The summed E-state index contributed by atoms with van der Waals surface area (Å²) in [5, 5.41) is 12.1. The van der Waals surface area contributed by atoms with E-state index in [0.29, 0.717) is 0 Å². The number of benzene rings is 2. The number of carbonyl (C=O) groups excluding carboxylic acids is 3. The molecule has 182 valence electrons. The Morgan fingerprint density at radius 1 is 0.853 bits per heavy atom. The highest BCUT2D eigenvalue weighted by Crippen LogP contribution is 2.16. The number of carboxylic acid groups (broad SMARTS) is 1. The molecule has 0 aliphatic carbocycles. The lowest BCUT2D eigenvalue weighted by Gasteiger charge is -2.23. The normalized spacial score (nSPS) is 12.9. The maximum Gasteiger partial charge on any atom is 0.408 e. The first-order valence-corrected chi connectivity index (χ1v) is 11.4. The van der Waals surface area contributed by atoms with Gasteiger partial charge in [-0.05, 0) is 44.7 Å². The second-order valence-corrected chi connectivity index (χ2v) is 9.32. The zero-order valence-electron chi connectivity index (χ0n) is 20.0. The minimum absolute atomic E-state index is 0.0846. The van der Waals surface area contributed by atoms with Crippen LogP contribution < -0.4 is 5.32 Å². The lowest BCUT2D eigenvalue weighted by Crippen LogP contribution is -2.44. The Labute approximate surface area is 200 Å². The molecule has 2 aromatic carbocycles. The van der Waals surface area contributed by atoms with Gasteiger partial charge in [0.05, 0.1) is 12.0 Å². The van der Waals surface area contributed by atoms with Gasteiger partial charge in [-0.25, -0.2) is 4.79 Å². The van der Waals surface area contributed by atoms with E-state index in [9.17, 15) is 24.3 Å². The second-order valence-electron chi connectivity index (χ2n) is 9.32. The van der Waals surface area contributed by atoms with Crippen LogP contribution in [-0.4, -0.2) is 40.4 Å². The zero-order chi connectivity index (χ0) is 25.1. The third-order valence-corrected chi connectivity index (χ3v) is 5.16. The molecule has 7 heteroatoms. The molecule has 0 bridgehead atoms. The van der Waals surface area contributed by atoms with Crippen LogP contribution in [-0.2, 0) is 32.0 Å². The van der Waals surface area contributed by atoms with Crippen molar-refractivity contribution in [3.63, 3.8) is 0 Å². The number of aliphatic carboxylic acids is 1. The summed E-state index contributed by atoms with van der Waals surface area (Å²) in [6, 6.07) is 17.5. The molecule has 0 aromatic heterocycles. The van der Waals surface area contributed by atoms with Crippen molar-refractivity contribution in [1.82, 2.24) is 5.32 Å². The van der Waals surface area contributed by atoms with Gasteiger partial charge in [-0.1, -0.05) is 60.7 Å². The summed E-state index contributed by atoms with van der Waals surface area (Å²) in [5.41, 5.74) is 0.977. The summed E-state index contributed by atoms with van der Waals surface area (Å²) >= 11 is 0. The molecule has 0 heterocycles. The molecule has 0 aliphatic rings. The van der Waals surface area contributed by atoms with Crippen LogP contribution in [0.2, 0.25) is 0 Å². The van der Waals surface area contributed by atoms with E-state index in [1.54, 1.807) is 20.8 Å². The molecule has 2 rings (SSSR count). The number of Topliss-reactive ketones (excluding diaryl/α,β-unsaturated/α-hetero) is 2. The van der Waals surface area contributed by atoms with E-state index in [2.05, 4.69) is 5.32 Å². The summed E-state index contributed by atoms with van der Waals surface area (Å²) in [4.78, 5) is 49.4. The summed E-state index contributed by atoms with van der Waals surface area (Å²) in [5.74, 6) is -2.51. The quantitative estimate of drug-likeness (QED) is 0.480. The molecule has 0 unspecified atom stereocenters. The average Bonchev–Trinajstić information content (AvgIpc) is 2.76. The lowest BCUT2D eigenvalue weighted by atomic mass is 9.92. The zero-order valence-corrected chi connectivity index (χ0v) is 20.0. The minimum atomic E-state index is -1.04. The van der Waals surface area contributed by atoms with Gasteiger partial charge < -0.3 is 15.2 Å². The van der Waals surface area contributed by atoms with Crippen LogP contribution in [0.15, 0.2) is 60.7 Å². The number of amides is 1. The van der Waals surface area contributed by atoms with Crippen molar-refractivity contribution in [2.45, 2.75) is 64.5 Å². The van der Waals surface area contributed by atoms with Gasteiger partial charge in [0, 0.05) is 19.3 Å². The Morgan fingerprint density at radius 3 is 1.88 bits per heavy atom. The number of hydrogen-bond acceptors (Lipinski definition) is 5. The highest BCUT2D eigenvalue weighted by Gasteiger charge is 2.26. The van der Waals surface area contributed by atoms with E-state index in [1.807, 2.05) is 60.7 Å². The molecule has 2 aromatic rings. The smallest absolute Gasteiger partial charge is 0.408 e. The van der Waals surface area contributed by atoms with Gasteiger partial charge in [-0.3, -0.25) is 14.4 Å². The summed E-state index contributed by atoms with van der Waals surface area (Å²) in [7, 11) is 0. The van der Waals surface area contributed by atoms with Crippen LogP contribution in [0.3, 0.4) is 0 Å². The predicted octanol–water partition coefficient (Wildman–Crippen LogP) is 4.37. The fourth-order valence-corrected chi connectivity index (χ4v) is 3.50. The molecule has 0 spiro atoms. The van der Waals surface area contributed by atoms with Gasteiger partial charge in [-0.2, -0.15) is 0 Å². The number of nitrogens with one attached hydrogen (secondary N) is 1. The molecule has 0 saturated heterocycles. The Balaban J connectivity index is 1.98. The molecule has 1 amide bonds. The first-order chi connectivity index (χ1) is 16.0. The Bertz CT molecular complexity index is 966. The van der Waals surface area contributed by atoms with E-state index in [4.69, 9.17) is 4.74 Å². The third kappa shape index (κ3) is 9.98. The van der Waals surface area contributed by atoms with Crippen LogP contribution in [0.1, 0.15) is 51.2 Å². The molecule has 7 nitrogen and oxygen atoms in total. The Hall–Kier alpha value is -3.48. The molecular formula is C27H33NO6. The van der Waals surface area contributed by atoms with Crippen molar-refractivity contribution in [2.75, 3.05) is 0 Å². The van der Waals surface area contributed by atoms with Crippen molar-refractivity contribution in [3.8, 4) is 0 Å². The van der Waals surface area contributed by atoms with Crippen LogP contribution >= 0.6 is 0 Å². The first kappa shape index (κ1) is 26.8. The monoisotopic (exact) mass is 467 g/mol. The molecule has 0 fully saturated rings. The molecule has 0 aliphatic heterocycles. The third-order valence-electron chi connectivity index (χ3n) is 5.16. The molecule has 0 radical (unpaired) electrons. The Morgan fingerprint density at radius 2 is 1.38 bits per heavy atom. The van der Waals surface area contributed by atoms with Gasteiger partial charge in [-0.15, -0.1) is 0 Å². The highest BCUT2D eigenvalue weighted by molar-refractivity contribution is 5.92. The van der Waals surface area contributed by atoms with Crippen molar-refractivity contribution in [2.24, 2.45) is 5.92 Å². The number of rotatable bonds is 12. The summed E-state index contributed by atoms with van der Waals surface area (Å²) in [6.45, 7) is 5.19. The van der Waals surface area contributed by atoms with Gasteiger partial charge in [0.1, 0.15) is 11.4 Å². The lowest BCUT2D eigenvalue weighted by molar-refractivity contribution is -0.143. The largest absolute Gasteiger partial charge is 0.481 e. The van der Waals surface area contributed by atoms with Crippen molar-refractivity contribution < 1.29 is 29.0 Å². The number of hydrogen-bond donors (Lipinski definition) is 2. The SMILES string of the molecule is CC(C)(C)OC(=O)N[C@@H](Cc1ccccc1)C(=O)CCC(=O)C[C@@H](Cc1ccccc1)C(=O)O. The van der Waals surface area contributed by atoms with E-state index in [1.165, 1.54) is 0 Å². The van der Waals surface area contributed by atoms with Crippen molar-refractivity contribution in [3.05, 3.63) is 71.8 Å². The van der Waals surface area contributed by atoms with Crippen LogP contribution in [0.5, 0.6) is 0 Å². The van der Waals surface area contributed by atoms with Crippen LogP contribution in [0.4, 0.5) is 4.79 Å². The van der Waals surface area contributed by atoms with E-state index in [0.717, 1.165) is 11.1 Å². The fraction of sp³-hybridized carbons (Fsp3) is 0.407. The van der Waals surface area contributed by atoms with Crippen LogP contribution in [0, 0.1) is 5.92 Å². The van der Waals surface area contributed by atoms with E-state index >= 15 is 0 Å². The highest BCUT2D eigenvalue weighted by atomic mass is 16.6. The Kier molecular flexibility index (Phi) is 9.98. The predicted molar refractivity (Wildman–Crippen MR) is 128 cm³/mol. The second kappa shape index (κ2) is 12.7. The number of ether oxygens (including phenoxy) is 1. The number of carbonyl (C=O) groups is 4. The average molecular weight is 468 g/mol. The minimum Gasteiger partial charge on any atom is -0.481 e. The van der Waals surface area contributed by atoms with Crippen molar-refractivity contribution >= 4 is 23.6 Å². The molecule has 2 atom stereocenters. The van der Waals surface area contributed by atoms with Gasteiger partial charge in [0.25, 0.3) is 0 Å². The first-order valence-electron chi connectivity index (χ1n) is 11.4. The standard InChI is InChI=1S/C27H33NO6/c1-27(2,3)34-26(33)28-23(17-20-12-8-5-9-13-20)24(30)15-14-22(29)18-21(25(31)32)16-19-10-6-4-7-11-19/h4-13,21,23H,14-18H2,1-3H3,(H,28,33)(H,31,32)/t21-,23+/m1/s1. The molecular weight excluding hydrogens is 434 g/mol. The van der Waals surface area contributed by atoms with Gasteiger partial charge in [0.2, 0.25) is 0 Å². The van der Waals surface area contributed by atoms with Gasteiger partial charge in [0.15, 0.2) is 5.78 Å². The summed E-state index contributed by atoms with van der Waals surface area (Å²) < 4.78 is 5.28. The number of ketones is 2. The van der Waals surface area contributed by atoms with Gasteiger partial charge >= 0.3 is 12.1 Å². The number of alkyl carbamates (subject to hydrolysis) is 1. The maximum atomic E-state index is 12.9. The summed E-state index contributed by atoms with van der Waals surface area (Å²) in [6.07, 6.45) is -0.532. The molecule has 2 N–H and O–H groups in total. The number of carboxylic acids is 1. The fourth-order valence-electron chi connectivity index (χ4n) is 3.50. The molecule has 34 heavy (non-hydrogen) atoms. The van der Waals surface area contributed by atoms with E-state index < -0.39 is 29.6 Å². The topological polar surface area (TPSA) is 110 Å². The van der Waals surface area contributed by atoms with Crippen molar-refractivity contribution in [1.29, 1.82) is 0 Å².